The zero-order valence-electron chi connectivity index (χ0n) is 13.2. The highest BCUT2D eigenvalue weighted by molar-refractivity contribution is 6.33. The van der Waals surface area contributed by atoms with Gasteiger partial charge in [0.2, 0.25) is 5.91 Å². The van der Waals surface area contributed by atoms with Crippen LogP contribution in [0.5, 0.6) is 0 Å². The summed E-state index contributed by atoms with van der Waals surface area (Å²) in [6.07, 6.45) is 0.689. The fraction of sp³-hybridized carbons (Fsp3) is 0.500. The highest BCUT2D eigenvalue weighted by atomic mass is 35.5. The molecule has 0 aliphatic heterocycles. The number of rotatable bonds is 7. The van der Waals surface area contributed by atoms with E-state index in [2.05, 4.69) is 10.6 Å². The number of benzene rings is 1. The molecule has 0 aliphatic carbocycles. The molecule has 2 atom stereocenters. The summed E-state index contributed by atoms with van der Waals surface area (Å²) in [4.78, 5) is 24.5. The van der Waals surface area contributed by atoms with Gasteiger partial charge < -0.3 is 16.4 Å². The van der Waals surface area contributed by atoms with Gasteiger partial charge in [0.05, 0.1) is 10.6 Å². The highest BCUT2D eigenvalue weighted by Crippen LogP contribution is 2.15. The number of halogens is 1. The quantitative estimate of drug-likeness (QED) is 0.716. The molecule has 6 heteroatoms. The number of carbonyl (C=O) groups is 2. The normalized spacial score (nSPS) is 13.5. The van der Waals surface area contributed by atoms with Gasteiger partial charge in [-0.2, -0.15) is 0 Å². The molecule has 0 bridgehead atoms. The topological polar surface area (TPSA) is 84.2 Å². The van der Waals surface area contributed by atoms with Gasteiger partial charge in [-0.15, -0.1) is 0 Å². The number of amides is 2. The summed E-state index contributed by atoms with van der Waals surface area (Å²) in [6, 6.07) is 6.16. The molecule has 122 valence electrons. The van der Waals surface area contributed by atoms with Crippen molar-refractivity contribution in [1.82, 2.24) is 10.6 Å². The summed E-state index contributed by atoms with van der Waals surface area (Å²) in [7, 11) is 0. The molecular formula is C16H24ClN3O2. The van der Waals surface area contributed by atoms with Gasteiger partial charge >= 0.3 is 0 Å². The maximum atomic E-state index is 12.3. The molecule has 0 saturated heterocycles. The summed E-state index contributed by atoms with van der Waals surface area (Å²) >= 11 is 6.00. The first-order chi connectivity index (χ1) is 10.3. The van der Waals surface area contributed by atoms with E-state index in [0.29, 0.717) is 23.6 Å². The Morgan fingerprint density at radius 2 is 1.86 bits per heavy atom. The molecule has 1 aromatic rings. The van der Waals surface area contributed by atoms with Crippen molar-refractivity contribution in [2.75, 3.05) is 6.54 Å². The predicted octanol–water partition coefficient (Wildman–Crippen LogP) is 1.95. The molecule has 2 amide bonds. The minimum absolute atomic E-state index is 0.0236. The van der Waals surface area contributed by atoms with Crippen LogP contribution >= 0.6 is 11.6 Å². The zero-order chi connectivity index (χ0) is 16.7. The van der Waals surface area contributed by atoms with Crippen molar-refractivity contribution in [2.24, 2.45) is 11.7 Å². The van der Waals surface area contributed by atoms with Crippen LogP contribution in [0.2, 0.25) is 5.02 Å². The van der Waals surface area contributed by atoms with Crippen LogP contribution in [-0.4, -0.2) is 30.4 Å². The second-order valence-corrected chi connectivity index (χ2v) is 6.14. The Morgan fingerprint density at radius 3 is 2.41 bits per heavy atom. The summed E-state index contributed by atoms with van der Waals surface area (Å²) < 4.78 is 0. The van der Waals surface area contributed by atoms with E-state index in [4.69, 9.17) is 17.3 Å². The summed E-state index contributed by atoms with van der Waals surface area (Å²) in [5, 5.41) is 5.91. The SMILES string of the molecule is CC(N)CCNC(=O)C(NC(=O)c1ccccc1Cl)C(C)C. The number of hydrogen-bond acceptors (Lipinski definition) is 3. The third kappa shape index (κ3) is 5.66. The lowest BCUT2D eigenvalue weighted by Gasteiger charge is -2.22. The lowest BCUT2D eigenvalue weighted by atomic mass is 10.0. The van der Waals surface area contributed by atoms with Crippen LogP contribution < -0.4 is 16.4 Å². The van der Waals surface area contributed by atoms with Crippen molar-refractivity contribution >= 4 is 23.4 Å². The molecule has 5 nitrogen and oxygen atoms in total. The van der Waals surface area contributed by atoms with Gasteiger partial charge in [-0.3, -0.25) is 9.59 Å². The molecule has 0 fully saturated rings. The van der Waals surface area contributed by atoms with Crippen molar-refractivity contribution < 1.29 is 9.59 Å². The fourth-order valence-corrected chi connectivity index (χ4v) is 2.15. The minimum Gasteiger partial charge on any atom is -0.354 e. The molecule has 0 aliphatic rings. The van der Waals surface area contributed by atoms with Crippen LogP contribution in [-0.2, 0) is 4.79 Å². The second kappa shape index (κ2) is 8.76. The Balaban J connectivity index is 2.70. The van der Waals surface area contributed by atoms with E-state index in [1.807, 2.05) is 20.8 Å². The van der Waals surface area contributed by atoms with Crippen LogP contribution in [0, 0.1) is 5.92 Å². The van der Waals surface area contributed by atoms with E-state index in [9.17, 15) is 9.59 Å². The first-order valence-corrected chi connectivity index (χ1v) is 7.79. The van der Waals surface area contributed by atoms with Crippen molar-refractivity contribution in [1.29, 1.82) is 0 Å². The Labute approximate surface area is 136 Å². The van der Waals surface area contributed by atoms with E-state index in [0.717, 1.165) is 0 Å². The van der Waals surface area contributed by atoms with Gasteiger partial charge in [-0.1, -0.05) is 37.6 Å². The van der Waals surface area contributed by atoms with Gasteiger partial charge in [0.25, 0.3) is 5.91 Å². The summed E-state index contributed by atoms with van der Waals surface area (Å²) in [5.74, 6) is -0.607. The van der Waals surface area contributed by atoms with E-state index >= 15 is 0 Å². The van der Waals surface area contributed by atoms with Crippen molar-refractivity contribution in [3.63, 3.8) is 0 Å². The predicted molar refractivity (Wildman–Crippen MR) is 88.8 cm³/mol. The van der Waals surface area contributed by atoms with Crippen LogP contribution in [0.1, 0.15) is 37.6 Å². The molecule has 1 aromatic carbocycles. The fourth-order valence-electron chi connectivity index (χ4n) is 1.93. The van der Waals surface area contributed by atoms with Crippen LogP contribution in [0.4, 0.5) is 0 Å². The minimum atomic E-state index is -0.614. The highest BCUT2D eigenvalue weighted by Gasteiger charge is 2.25. The van der Waals surface area contributed by atoms with Gasteiger partial charge in [-0.25, -0.2) is 0 Å². The van der Waals surface area contributed by atoms with E-state index in [-0.39, 0.29) is 23.8 Å². The van der Waals surface area contributed by atoms with Crippen LogP contribution in [0.15, 0.2) is 24.3 Å². The largest absolute Gasteiger partial charge is 0.354 e. The average Bonchev–Trinajstić information content (AvgIpc) is 2.44. The third-order valence-corrected chi connectivity index (χ3v) is 3.58. The van der Waals surface area contributed by atoms with Crippen molar-refractivity contribution in [3.05, 3.63) is 34.9 Å². The van der Waals surface area contributed by atoms with E-state index in [1.54, 1.807) is 24.3 Å². The van der Waals surface area contributed by atoms with Gasteiger partial charge in [0.15, 0.2) is 0 Å². The first-order valence-electron chi connectivity index (χ1n) is 7.41. The maximum absolute atomic E-state index is 12.3. The maximum Gasteiger partial charge on any atom is 0.253 e. The third-order valence-electron chi connectivity index (χ3n) is 3.25. The Kier molecular flexibility index (Phi) is 7.35. The van der Waals surface area contributed by atoms with Crippen molar-refractivity contribution in [2.45, 2.75) is 39.3 Å². The molecule has 0 spiro atoms. The molecule has 4 N–H and O–H groups in total. The molecule has 0 radical (unpaired) electrons. The second-order valence-electron chi connectivity index (χ2n) is 5.73. The zero-order valence-corrected chi connectivity index (χ0v) is 14.0. The smallest absolute Gasteiger partial charge is 0.253 e. The molecule has 2 unspecified atom stereocenters. The molecule has 0 heterocycles. The van der Waals surface area contributed by atoms with Gasteiger partial charge in [-0.05, 0) is 31.4 Å². The molecule has 22 heavy (non-hydrogen) atoms. The molecule has 1 rings (SSSR count). The molecule has 0 aromatic heterocycles. The Hall–Kier alpha value is -1.59. The average molecular weight is 326 g/mol. The van der Waals surface area contributed by atoms with E-state index < -0.39 is 6.04 Å². The van der Waals surface area contributed by atoms with Crippen LogP contribution in [0.25, 0.3) is 0 Å². The number of nitrogens with two attached hydrogens (primary N) is 1. The van der Waals surface area contributed by atoms with Crippen molar-refractivity contribution in [3.8, 4) is 0 Å². The molecular weight excluding hydrogens is 302 g/mol. The monoisotopic (exact) mass is 325 g/mol. The first kappa shape index (κ1) is 18.5. The van der Waals surface area contributed by atoms with Gasteiger partial charge in [0, 0.05) is 12.6 Å². The summed E-state index contributed by atoms with van der Waals surface area (Å²) in [5.41, 5.74) is 6.01. The lowest BCUT2D eigenvalue weighted by Crippen LogP contribution is -2.50. The Bertz CT molecular complexity index is 518. The molecule has 0 saturated carbocycles. The summed E-state index contributed by atoms with van der Waals surface area (Å²) in [6.45, 7) is 6.12. The van der Waals surface area contributed by atoms with E-state index in [1.165, 1.54) is 0 Å². The standard InChI is InChI=1S/C16H24ClN3O2/c1-10(2)14(16(22)19-9-8-11(3)18)20-15(21)12-6-4-5-7-13(12)17/h4-7,10-11,14H,8-9,18H2,1-3H3,(H,19,22)(H,20,21). The number of nitrogens with one attached hydrogen (secondary N) is 2. The van der Waals surface area contributed by atoms with Gasteiger partial charge in [0.1, 0.15) is 6.04 Å². The Morgan fingerprint density at radius 1 is 1.23 bits per heavy atom. The number of carbonyl (C=O) groups excluding carboxylic acids is 2. The number of hydrogen-bond donors (Lipinski definition) is 3. The van der Waals surface area contributed by atoms with Crippen LogP contribution in [0.3, 0.4) is 0 Å². The lowest BCUT2D eigenvalue weighted by molar-refractivity contribution is -0.123.